The summed E-state index contributed by atoms with van der Waals surface area (Å²) in [6.07, 6.45) is -1.25. The van der Waals surface area contributed by atoms with Crippen molar-refractivity contribution in [3.8, 4) is 0 Å². The van der Waals surface area contributed by atoms with Crippen LogP contribution in [0.15, 0.2) is 29.6 Å². The summed E-state index contributed by atoms with van der Waals surface area (Å²) < 4.78 is 51.7. The minimum absolute atomic E-state index is 0.0622. The predicted octanol–water partition coefficient (Wildman–Crippen LogP) is 4.55. The Morgan fingerprint density at radius 3 is 2.28 bits per heavy atom. The summed E-state index contributed by atoms with van der Waals surface area (Å²) in [5.41, 5.74) is -0.822. The van der Waals surface area contributed by atoms with E-state index in [1.165, 1.54) is 34.4 Å². The Hall–Kier alpha value is -2.50. The van der Waals surface area contributed by atoms with Crippen LogP contribution in [0.2, 0.25) is 0 Å². The van der Waals surface area contributed by atoms with Crippen LogP contribution in [0.25, 0.3) is 0 Å². The number of halogens is 3. The van der Waals surface area contributed by atoms with Crippen LogP contribution >= 0.6 is 11.3 Å². The van der Waals surface area contributed by atoms with E-state index in [1.807, 2.05) is 0 Å². The van der Waals surface area contributed by atoms with Crippen molar-refractivity contribution in [3.63, 3.8) is 0 Å². The van der Waals surface area contributed by atoms with Gasteiger partial charge in [0.2, 0.25) is 0 Å². The molecule has 1 aromatic heterocycles. The second-order valence-electron chi connectivity index (χ2n) is 9.43. The van der Waals surface area contributed by atoms with E-state index >= 15 is 0 Å². The molecule has 2 amide bonds. The zero-order chi connectivity index (χ0) is 25.3. The maximum Gasteiger partial charge on any atom is 0.417 e. The summed E-state index contributed by atoms with van der Waals surface area (Å²) >= 11 is 1.42. The first kappa shape index (κ1) is 25.2. The largest absolute Gasteiger partial charge is 0.417 e. The van der Waals surface area contributed by atoms with Gasteiger partial charge in [0.25, 0.3) is 11.8 Å². The highest BCUT2D eigenvalue weighted by Crippen LogP contribution is 2.35. The predicted molar refractivity (Wildman–Crippen MR) is 126 cm³/mol. The van der Waals surface area contributed by atoms with E-state index in [-0.39, 0.29) is 17.4 Å². The fourth-order valence-corrected chi connectivity index (χ4v) is 6.07. The third kappa shape index (κ3) is 5.14. The number of thiazole rings is 1. The lowest BCUT2D eigenvalue weighted by Crippen LogP contribution is -2.51. The van der Waals surface area contributed by atoms with Gasteiger partial charge in [-0.25, -0.2) is 4.98 Å². The molecule has 1 spiro atoms. The Balaban J connectivity index is 1.17. The van der Waals surface area contributed by atoms with Crippen LogP contribution in [-0.2, 0) is 15.7 Å². The topological polar surface area (TPSA) is 72.0 Å². The Bertz CT molecular complexity index is 1100. The Kier molecular flexibility index (Phi) is 7.06. The van der Waals surface area contributed by atoms with Crippen molar-refractivity contribution in [2.75, 3.05) is 39.4 Å². The summed E-state index contributed by atoms with van der Waals surface area (Å²) in [7, 11) is 0. The molecule has 4 heterocycles. The number of ether oxygens (including phenoxy) is 2. The van der Waals surface area contributed by atoms with Gasteiger partial charge in [0.05, 0.1) is 29.3 Å². The number of amides is 2. The number of carbonyl (C=O) groups excluding carboxylic acids is 2. The van der Waals surface area contributed by atoms with Gasteiger partial charge in [-0.3, -0.25) is 9.59 Å². The molecule has 194 valence electrons. The number of aromatic nitrogens is 1. The lowest BCUT2D eigenvalue weighted by atomic mass is 9.96. The first-order valence-corrected chi connectivity index (χ1v) is 13.1. The molecule has 11 heteroatoms. The van der Waals surface area contributed by atoms with E-state index in [2.05, 4.69) is 4.98 Å². The summed E-state index contributed by atoms with van der Waals surface area (Å²) in [6, 6.07) is 4.89. The van der Waals surface area contributed by atoms with Crippen LogP contribution < -0.4 is 0 Å². The highest BCUT2D eigenvalue weighted by Gasteiger charge is 2.40. The minimum Gasteiger partial charge on any atom is -0.350 e. The molecule has 0 atom stereocenters. The monoisotopic (exact) mass is 523 g/mol. The van der Waals surface area contributed by atoms with Gasteiger partial charge in [-0.05, 0) is 31.4 Å². The van der Waals surface area contributed by atoms with E-state index in [0.29, 0.717) is 70.8 Å². The average molecular weight is 524 g/mol. The molecule has 0 bridgehead atoms. The van der Waals surface area contributed by atoms with E-state index in [4.69, 9.17) is 9.47 Å². The molecule has 0 aliphatic carbocycles. The number of likely N-dealkylation sites (tertiary alicyclic amines) is 2. The molecule has 7 nitrogen and oxygen atoms in total. The molecule has 5 rings (SSSR count). The quantitative estimate of drug-likeness (QED) is 0.590. The Morgan fingerprint density at radius 1 is 0.972 bits per heavy atom. The maximum absolute atomic E-state index is 13.3. The fraction of sp³-hybridized carbons (Fsp3) is 0.560. The SMILES string of the molecule is O=C(c1csc(C2CCN(C(=O)c3ccccc3C(F)(F)F)CC2)n1)N1CCC2(CC1)OCCCO2. The van der Waals surface area contributed by atoms with Gasteiger partial charge in [0.1, 0.15) is 5.69 Å². The molecule has 0 radical (unpaired) electrons. The average Bonchev–Trinajstić information content (AvgIpc) is 3.39. The van der Waals surface area contributed by atoms with Crippen molar-refractivity contribution < 1.29 is 32.2 Å². The van der Waals surface area contributed by atoms with Crippen LogP contribution in [0.5, 0.6) is 0 Å². The van der Waals surface area contributed by atoms with Crippen LogP contribution in [0.1, 0.15) is 69.4 Å². The van der Waals surface area contributed by atoms with Gasteiger partial charge in [-0.1, -0.05) is 12.1 Å². The van der Waals surface area contributed by atoms with Crippen LogP contribution in [0.3, 0.4) is 0 Å². The third-order valence-corrected chi connectivity index (χ3v) is 8.17. The third-order valence-electron chi connectivity index (χ3n) is 7.17. The fourth-order valence-electron chi connectivity index (χ4n) is 5.11. The second-order valence-corrected chi connectivity index (χ2v) is 10.3. The molecular formula is C25H28F3N3O4S. The summed E-state index contributed by atoms with van der Waals surface area (Å²) in [5.74, 6) is -1.22. The number of hydrogen-bond acceptors (Lipinski definition) is 6. The number of hydrogen-bond donors (Lipinski definition) is 0. The zero-order valence-corrected chi connectivity index (χ0v) is 20.6. The van der Waals surface area contributed by atoms with Crippen LogP contribution in [0.4, 0.5) is 13.2 Å². The van der Waals surface area contributed by atoms with E-state index in [9.17, 15) is 22.8 Å². The van der Waals surface area contributed by atoms with Gasteiger partial charge in [-0.2, -0.15) is 13.2 Å². The standard InChI is InChI=1S/C25H28F3N3O4S/c26-25(27,28)19-5-2-1-4-18(19)22(32)30-10-6-17(7-11-30)21-29-20(16-36-21)23(33)31-12-8-24(9-13-31)34-14-3-15-35-24/h1-2,4-5,16-17H,3,6-15H2. The summed E-state index contributed by atoms with van der Waals surface area (Å²) in [5, 5.41) is 2.60. The molecule has 36 heavy (non-hydrogen) atoms. The molecule has 3 saturated heterocycles. The lowest BCUT2D eigenvalue weighted by molar-refractivity contribution is -0.281. The number of piperidine rings is 2. The lowest BCUT2D eigenvalue weighted by Gasteiger charge is -2.43. The zero-order valence-electron chi connectivity index (χ0n) is 19.8. The van der Waals surface area contributed by atoms with Crippen molar-refractivity contribution in [2.45, 2.75) is 50.0 Å². The molecular weight excluding hydrogens is 495 g/mol. The van der Waals surface area contributed by atoms with E-state index in [0.717, 1.165) is 17.5 Å². The normalized spacial score (nSPS) is 21.1. The summed E-state index contributed by atoms with van der Waals surface area (Å²) in [4.78, 5) is 33.7. The minimum atomic E-state index is -4.58. The van der Waals surface area contributed by atoms with Gasteiger partial charge in [-0.15, -0.1) is 11.3 Å². The highest BCUT2D eigenvalue weighted by atomic mass is 32.1. The second kappa shape index (κ2) is 10.1. The number of rotatable bonds is 3. The van der Waals surface area contributed by atoms with E-state index < -0.39 is 23.4 Å². The van der Waals surface area contributed by atoms with Gasteiger partial charge >= 0.3 is 6.18 Å². The maximum atomic E-state index is 13.3. The Labute approximate surface area is 211 Å². The highest BCUT2D eigenvalue weighted by molar-refractivity contribution is 7.09. The van der Waals surface area contributed by atoms with Crippen molar-refractivity contribution in [3.05, 3.63) is 51.5 Å². The van der Waals surface area contributed by atoms with Crippen molar-refractivity contribution >= 4 is 23.2 Å². The molecule has 0 N–H and O–H groups in total. The Morgan fingerprint density at radius 2 is 1.61 bits per heavy atom. The number of benzene rings is 1. The van der Waals surface area contributed by atoms with E-state index in [1.54, 1.807) is 10.3 Å². The molecule has 2 aromatic rings. The van der Waals surface area contributed by atoms with Crippen molar-refractivity contribution in [1.29, 1.82) is 0 Å². The summed E-state index contributed by atoms with van der Waals surface area (Å²) in [6.45, 7) is 3.14. The van der Waals surface area contributed by atoms with Gasteiger partial charge in [0.15, 0.2) is 5.79 Å². The molecule has 1 aromatic carbocycles. The molecule has 3 aliphatic rings. The number of nitrogens with zero attached hydrogens (tertiary/aromatic N) is 3. The van der Waals surface area contributed by atoms with Crippen molar-refractivity contribution in [1.82, 2.24) is 14.8 Å². The molecule has 0 unspecified atom stereocenters. The van der Waals surface area contributed by atoms with Crippen molar-refractivity contribution in [2.24, 2.45) is 0 Å². The first-order chi connectivity index (χ1) is 17.3. The van der Waals surface area contributed by atoms with Gasteiger partial charge in [0, 0.05) is 50.3 Å². The van der Waals surface area contributed by atoms with Gasteiger partial charge < -0.3 is 19.3 Å². The first-order valence-electron chi connectivity index (χ1n) is 12.2. The van der Waals surface area contributed by atoms with Crippen LogP contribution in [0, 0.1) is 0 Å². The smallest absolute Gasteiger partial charge is 0.350 e. The molecule has 0 saturated carbocycles. The number of alkyl halides is 3. The van der Waals surface area contributed by atoms with Crippen LogP contribution in [-0.4, -0.2) is 71.8 Å². The number of carbonyl (C=O) groups is 2. The molecule has 3 fully saturated rings. The molecule has 3 aliphatic heterocycles.